The van der Waals surface area contributed by atoms with Gasteiger partial charge in [-0.05, 0) is 13.0 Å². The van der Waals surface area contributed by atoms with Crippen LogP contribution in [-0.4, -0.2) is 69.3 Å². The first kappa shape index (κ1) is 17.6. The van der Waals surface area contributed by atoms with E-state index in [4.69, 9.17) is 0 Å². The molecule has 1 amide bonds. The van der Waals surface area contributed by atoms with Crippen LogP contribution in [0.25, 0.3) is 0 Å². The summed E-state index contributed by atoms with van der Waals surface area (Å²) in [6, 6.07) is 1.90. The molecule has 0 bridgehead atoms. The highest BCUT2D eigenvalue weighted by Crippen LogP contribution is 2.17. The number of hydrogen-bond donors (Lipinski definition) is 0. The van der Waals surface area contributed by atoms with Crippen molar-refractivity contribution in [2.75, 3.05) is 26.2 Å². The molecule has 9 nitrogen and oxygen atoms in total. The van der Waals surface area contributed by atoms with Gasteiger partial charge in [0, 0.05) is 58.6 Å². The molecule has 1 saturated heterocycles. The van der Waals surface area contributed by atoms with E-state index in [0.29, 0.717) is 39.1 Å². The van der Waals surface area contributed by atoms with Crippen molar-refractivity contribution >= 4 is 15.9 Å². The van der Waals surface area contributed by atoms with Crippen LogP contribution in [0.4, 0.5) is 0 Å². The molecule has 2 aromatic heterocycles. The van der Waals surface area contributed by atoms with Crippen molar-refractivity contribution in [1.29, 1.82) is 0 Å². The number of piperazine rings is 1. The fraction of sp³-hybridized carbons (Fsp3) is 0.533. The summed E-state index contributed by atoms with van der Waals surface area (Å²) in [5.41, 5.74) is 0.918. The molecule has 1 fully saturated rings. The van der Waals surface area contributed by atoms with Gasteiger partial charge in [0.2, 0.25) is 15.9 Å². The highest BCUT2D eigenvalue weighted by Gasteiger charge is 2.30. The summed E-state index contributed by atoms with van der Waals surface area (Å²) in [5, 5.41) is 8.17. The Morgan fingerprint density at radius 1 is 1.24 bits per heavy atom. The van der Waals surface area contributed by atoms with Gasteiger partial charge >= 0.3 is 0 Å². The summed E-state index contributed by atoms with van der Waals surface area (Å²) < 4.78 is 29.7. The molecular weight excluding hydrogens is 344 g/mol. The Labute approximate surface area is 146 Å². The number of carbonyl (C=O) groups excluding carboxylic acids is 1. The molecule has 25 heavy (non-hydrogen) atoms. The lowest BCUT2D eigenvalue weighted by Gasteiger charge is -2.33. The van der Waals surface area contributed by atoms with Crippen molar-refractivity contribution in [3.63, 3.8) is 0 Å². The molecule has 0 saturated carbocycles. The smallest absolute Gasteiger partial charge is 0.246 e. The minimum atomic E-state index is -3.54. The summed E-state index contributed by atoms with van der Waals surface area (Å²) in [4.78, 5) is 14.2. The summed E-state index contributed by atoms with van der Waals surface area (Å²) in [5.74, 6) is 0.0200. The van der Waals surface area contributed by atoms with Gasteiger partial charge in [0.05, 0.1) is 11.9 Å². The number of carbonyl (C=O) groups is 1. The van der Waals surface area contributed by atoms with Gasteiger partial charge in [0.1, 0.15) is 4.90 Å². The van der Waals surface area contributed by atoms with Crippen LogP contribution in [0.15, 0.2) is 29.6 Å². The number of aromatic nitrogens is 4. The molecule has 0 N–H and O–H groups in total. The molecule has 3 rings (SSSR count). The second-order valence-electron chi connectivity index (χ2n) is 6.10. The molecule has 0 atom stereocenters. The molecule has 1 aliphatic rings. The lowest BCUT2D eigenvalue weighted by molar-refractivity contribution is -0.132. The maximum absolute atomic E-state index is 12.5. The molecule has 0 spiro atoms. The fourth-order valence-corrected chi connectivity index (χ4v) is 4.22. The minimum absolute atomic E-state index is 0.0200. The van der Waals surface area contributed by atoms with Gasteiger partial charge in [-0.25, -0.2) is 8.42 Å². The Hall–Kier alpha value is -2.20. The van der Waals surface area contributed by atoms with Crippen LogP contribution < -0.4 is 0 Å². The van der Waals surface area contributed by atoms with Crippen molar-refractivity contribution in [2.24, 2.45) is 7.05 Å². The Kier molecular flexibility index (Phi) is 4.91. The minimum Gasteiger partial charge on any atom is -0.340 e. The van der Waals surface area contributed by atoms with Gasteiger partial charge in [-0.15, -0.1) is 0 Å². The highest BCUT2D eigenvalue weighted by molar-refractivity contribution is 7.89. The first-order valence-corrected chi connectivity index (χ1v) is 9.57. The predicted molar refractivity (Wildman–Crippen MR) is 90.1 cm³/mol. The molecule has 0 aliphatic carbocycles. The van der Waals surface area contributed by atoms with E-state index in [1.54, 1.807) is 16.6 Å². The third-order valence-corrected chi connectivity index (χ3v) is 6.09. The third-order valence-electron chi connectivity index (χ3n) is 4.24. The summed E-state index contributed by atoms with van der Waals surface area (Å²) in [6.45, 7) is 3.82. The number of rotatable bonds is 5. The Bertz CT molecular complexity index is 848. The van der Waals surface area contributed by atoms with E-state index in [9.17, 15) is 13.2 Å². The lowest BCUT2D eigenvalue weighted by atomic mass is 10.3. The first-order valence-electron chi connectivity index (χ1n) is 8.13. The monoisotopic (exact) mass is 366 g/mol. The van der Waals surface area contributed by atoms with Crippen LogP contribution >= 0.6 is 0 Å². The van der Waals surface area contributed by atoms with E-state index in [2.05, 4.69) is 10.2 Å². The van der Waals surface area contributed by atoms with Crippen molar-refractivity contribution in [1.82, 2.24) is 28.8 Å². The Morgan fingerprint density at radius 3 is 2.52 bits per heavy atom. The molecule has 0 radical (unpaired) electrons. The van der Waals surface area contributed by atoms with Gasteiger partial charge < -0.3 is 4.90 Å². The van der Waals surface area contributed by atoms with E-state index in [-0.39, 0.29) is 10.8 Å². The quantitative estimate of drug-likeness (QED) is 0.734. The lowest BCUT2D eigenvalue weighted by Crippen LogP contribution is -2.50. The maximum atomic E-state index is 12.5. The zero-order valence-electron chi connectivity index (χ0n) is 14.4. The predicted octanol–water partition coefficient (Wildman–Crippen LogP) is -0.152. The highest BCUT2D eigenvalue weighted by atomic mass is 32.2. The first-order chi connectivity index (χ1) is 11.9. The second-order valence-corrected chi connectivity index (χ2v) is 8.04. The van der Waals surface area contributed by atoms with Crippen LogP contribution in [0.3, 0.4) is 0 Å². The molecule has 10 heteroatoms. The number of sulfonamides is 1. The molecule has 0 unspecified atom stereocenters. The van der Waals surface area contributed by atoms with Crippen LogP contribution in [0.1, 0.15) is 12.1 Å². The topological polar surface area (TPSA) is 93.3 Å². The Balaban J connectivity index is 1.53. The third kappa shape index (κ3) is 3.90. The number of amides is 1. The average molecular weight is 366 g/mol. The molecule has 2 aromatic rings. The van der Waals surface area contributed by atoms with Gasteiger partial charge in [-0.1, -0.05) is 0 Å². The fourth-order valence-electron chi connectivity index (χ4n) is 2.81. The van der Waals surface area contributed by atoms with Crippen LogP contribution in [0.2, 0.25) is 0 Å². The van der Waals surface area contributed by atoms with E-state index in [1.165, 1.54) is 21.4 Å². The van der Waals surface area contributed by atoms with Gasteiger partial charge in [-0.2, -0.15) is 14.5 Å². The molecule has 1 aliphatic heterocycles. The normalized spacial score (nSPS) is 16.3. The van der Waals surface area contributed by atoms with Crippen LogP contribution in [0.5, 0.6) is 0 Å². The van der Waals surface area contributed by atoms with Crippen molar-refractivity contribution in [3.05, 3.63) is 30.4 Å². The van der Waals surface area contributed by atoms with E-state index < -0.39 is 10.0 Å². The van der Waals surface area contributed by atoms with Crippen molar-refractivity contribution in [2.45, 2.75) is 24.8 Å². The molecule has 136 valence electrons. The zero-order valence-corrected chi connectivity index (χ0v) is 15.2. The summed E-state index contributed by atoms with van der Waals surface area (Å²) >= 11 is 0. The van der Waals surface area contributed by atoms with Crippen molar-refractivity contribution < 1.29 is 13.2 Å². The number of hydrogen-bond acceptors (Lipinski definition) is 5. The van der Waals surface area contributed by atoms with E-state index in [0.717, 1.165) is 5.69 Å². The van der Waals surface area contributed by atoms with E-state index in [1.807, 2.05) is 19.2 Å². The summed E-state index contributed by atoms with van der Waals surface area (Å²) in [7, 11) is -1.87. The average Bonchev–Trinajstić information content (AvgIpc) is 3.21. The molecular formula is C15H22N6O3S. The number of nitrogens with zero attached hydrogens (tertiary/aromatic N) is 6. The molecule has 3 heterocycles. The number of aryl methyl sites for hydroxylation is 3. The molecule has 0 aromatic carbocycles. The van der Waals surface area contributed by atoms with E-state index >= 15 is 0 Å². The van der Waals surface area contributed by atoms with Crippen molar-refractivity contribution in [3.8, 4) is 0 Å². The van der Waals surface area contributed by atoms with Crippen LogP contribution in [0, 0.1) is 6.92 Å². The Morgan fingerprint density at radius 2 is 1.96 bits per heavy atom. The standard InChI is InChI=1S/C15H22N6O3S/c1-13-3-5-20(17-13)6-4-15(22)19-7-9-21(10-8-19)25(23,24)14-11-16-18(2)12-14/h3,5,11-12H,4,6-10H2,1-2H3. The summed E-state index contributed by atoms with van der Waals surface area (Å²) in [6.07, 6.45) is 5.04. The SMILES string of the molecule is Cc1ccn(CCC(=O)N2CCN(S(=O)(=O)c3cnn(C)c3)CC2)n1. The zero-order chi connectivity index (χ0) is 18.0. The van der Waals surface area contributed by atoms with Gasteiger partial charge in [0.25, 0.3) is 0 Å². The maximum Gasteiger partial charge on any atom is 0.246 e. The van der Waals surface area contributed by atoms with Gasteiger partial charge in [-0.3, -0.25) is 14.2 Å². The van der Waals surface area contributed by atoms with Crippen LogP contribution in [-0.2, 0) is 28.4 Å². The second kappa shape index (κ2) is 6.96. The largest absolute Gasteiger partial charge is 0.340 e. The van der Waals surface area contributed by atoms with Gasteiger partial charge in [0.15, 0.2) is 0 Å².